The van der Waals surface area contributed by atoms with E-state index in [0.717, 1.165) is 28.7 Å². The van der Waals surface area contributed by atoms with Crippen LogP contribution in [0.4, 0.5) is 0 Å². The van der Waals surface area contributed by atoms with Gasteiger partial charge in [-0.15, -0.1) is 0 Å². The van der Waals surface area contributed by atoms with Crippen LogP contribution in [-0.2, 0) is 11.2 Å². The van der Waals surface area contributed by atoms with E-state index < -0.39 is 0 Å². The van der Waals surface area contributed by atoms with E-state index in [9.17, 15) is 9.59 Å². The second-order valence-electron chi connectivity index (χ2n) is 7.37. The van der Waals surface area contributed by atoms with Gasteiger partial charge in [0.1, 0.15) is 0 Å². The number of benzene rings is 1. The highest BCUT2D eigenvalue weighted by molar-refractivity contribution is 5.83. The third-order valence-electron chi connectivity index (χ3n) is 5.53. The highest BCUT2D eigenvalue weighted by Crippen LogP contribution is 2.50. The number of nitrogens with one attached hydrogen (secondary N) is 1. The predicted molar refractivity (Wildman–Crippen MR) is 118 cm³/mol. The number of amides is 1. The topological polar surface area (TPSA) is 83.1 Å². The van der Waals surface area contributed by atoms with Crippen LogP contribution >= 0.6 is 0 Å². The molecule has 0 aliphatic heterocycles. The van der Waals surface area contributed by atoms with E-state index >= 15 is 0 Å². The van der Waals surface area contributed by atoms with Crippen LogP contribution in [-0.4, -0.2) is 34.3 Å². The van der Waals surface area contributed by atoms with E-state index in [0.29, 0.717) is 36.5 Å². The number of aryl methyl sites for hydroxylation is 1. The summed E-state index contributed by atoms with van der Waals surface area (Å²) >= 11 is 0. The summed E-state index contributed by atoms with van der Waals surface area (Å²) < 4.78 is 22.1. The summed E-state index contributed by atoms with van der Waals surface area (Å²) in [6, 6.07) is 6.65. The molecule has 1 N–H and O–H groups in total. The lowest BCUT2D eigenvalue weighted by Gasteiger charge is -2.20. The van der Waals surface area contributed by atoms with Crippen LogP contribution in [0.3, 0.4) is 0 Å². The molecule has 0 saturated carbocycles. The molecule has 0 unspecified atom stereocenters. The number of carbonyl (C=O) groups excluding carboxylic acids is 1. The fraction of sp³-hybridized carbons (Fsp3) is 0.417. The summed E-state index contributed by atoms with van der Waals surface area (Å²) in [5, 5.41) is 3.10. The van der Waals surface area contributed by atoms with Gasteiger partial charge in [0.15, 0.2) is 17.2 Å². The number of ether oxygens (including phenoxy) is 4. The van der Waals surface area contributed by atoms with Crippen LogP contribution in [0, 0.1) is 0 Å². The highest BCUT2D eigenvalue weighted by Gasteiger charge is 2.29. The third-order valence-corrected chi connectivity index (χ3v) is 5.53. The standard InChI is InChI=1S/C24H29NO6/c1-6-7-21(27)25-17-10-8-14-12-20(29-3)23(30-4)24(31-5)22(14)15-9-11-19(28-2)18(26)13-16(15)17/h9,11-13,17H,6-8,10H2,1-5H3,(H,25,27)/t17-/m1/s1. The first kappa shape index (κ1) is 22.5. The molecule has 7 nitrogen and oxygen atoms in total. The minimum Gasteiger partial charge on any atom is -0.493 e. The van der Waals surface area contributed by atoms with Crippen molar-refractivity contribution in [3.8, 4) is 34.1 Å². The molecule has 0 bridgehead atoms. The molecule has 3 rings (SSSR count). The Hall–Kier alpha value is -3.22. The summed E-state index contributed by atoms with van der Waals surface area (Å²) in [6.07, 6.45) is 2.46. The van der Waals surface area contributed by atoms with Gasteiger partial charge in [-0.3, -0.25) is 9.59 Å². The van der Waals surface area contributed by atoms with Crippen LogP contribution < -0.4 is 29.7 Å². The molecule has 1 aliphatic carbocycles. The molecule has 1 atom stereocenters. The quantitative estimate of drug-likeness (QED) is 0.726. The minimum atomic E-state index is -0.326. The summed E-state index contributed by atoms with van der Waals surface area (Å²) in [4.78, 5) is 25.2. The zero-order chi connectivity index (χ0) is 22.5. The molecule has 0 spiro atoms. The van der Waals surface area contributed by atoms with Gasteiger partial charge in [0.2, 0.25) is 17.1 Å². The Morgan fingerprint density at radius 2 is 1.71 bits per heavy atom. The number of fused-ring (bicyclic) bond motifs is 3. The summed E-state index contributed by atoms with van der Waals surface area (Å²) in [7, 11) is 6.18. The number of carbonyl (C=O) groups is 1. The molecule has 0 fully saturated rings. The maximum absolute atomic E-state index is 12.8. The van der Waals surface area contributed by atoms with Gasteiger partial charge in [-0.25, -0.2) is 0 Å². The molecule has 2 aromatic carbocycles. The van der Waals surface area contributed by atoms with E-state index in [1.807, 2.05) is 19.1 Å². The van der Waals surface area contributed by atoms with Crippen molar-refractivity contribution < 1.29 is 23.7 Å². The first-order valence-electron chi connectivity index (χ1n) is 10.3. The Balaban J connectivity index is 2.33. The van der Waals surface area contributed by atoms with Crippen molar-refractivity contribution >= 4 is 5.91 Å². The molecule has 0 radical (unpaired) electrons. The number of hydrogen-bond acceptors (Lipinski definition) is 6. The maximum Gasteiger partial charge on any atom is 0.220 e. The van der Waals surface area contributed by atoms with Gasteiger partial charge in [0.05, 0.1) is 34.5 Å². The first-order valence-corrected chi connectivity index (χ1v) is 10.3. The number of hydrogen-bond donors (Lipinski definition) is 1. The highest BCUT2D eigenvalue weighted by atomic mass is 16.5. The average Bonchev–Trinajstić information content (AvgIpc) is 3.01. The van der Waals surface area contributed by atoms with Crippen molar-refractivity contribution in [1.82, 2.24) is 5.32 Å². The Morgan fingerprint density at radius 1 is 1.00 bits per heavy atom. The van der Waals surface area contributed by atoms with Gasteiger partial charge in [-0.1, -0.05) is 13.0 Å². The Labute approximate surface area is 182 Å². The van der Waals surface area contributed by atoms with Crippen LogP contribution in [0.2, 0.25) is 0 Å². The summed E-state index contributed by atoms with van der Waals surface area (Å²) in [6.45, 7) is 1.96. The van der Waals surface area contributed by atoms with Crippen molar-refractivity contribution in [2.45, 2.75) is 38.6 Å². The zero-order valence-corrected chi connectivity index (χ0v) is 18.7. The van der Waals surface area contributed by atoms with E-state index in [2.05, 4.69) is 5.32 Å². The third kappa shape index (κ3) is 4.31. The Kier molecular flexibility index (Phi) is 7.05. The van der Waals surface area contributed by atoms with E-state index in [-0.39, 0.29) is 23.1 Å². The molecule has 31 heavy (non-hydrogen) atoms. The minimum absolute atomic E-state index is 0.0440. The van der Waals surface area contributed by atoms with Gasteiger partial charge in [-0.05, 0) is 54.2 Å². The second-order valence-corrected chi connectivity index (χ2v) is 7.37. The summed E-state index contributed by atoms with van der Waals surface area (Å²) in [5.74, 6) is 1.75. The lowest BCUT2D eigenvalue weighted by Crippen LogP contribution is -2.28. The molecule has 2 aromatic rings. The predicted octanol–water partition coefficient (Wildman–Crippen LogP) is 3.65. The molecule has 0 saturated heterocycles. The first-order chi connectivity index (χ1) is 15.0. The van der Waals surface area contributed by atoms with E-state index in [4.69, 9.17) is 18.9 Å². The van der Waals surface area contributed by atoms with Crippen molar-refractivity contribution in [2.24, 2.45) is 0 Å². The number of rotatable bonds is 7. The lowest BCUT2D eigenvalue weighted by molar-refractivity contribution is -0.121. The monoisotopic (exact) mass is 427 g/mol. The average molecular weight is 427 g/mol. The van der Waals surface area contributed by atoms with Crippen LogP contribution in [0.25, 0.3) is 11.1 Å². The van der Waals surface area contributed by atoms with E-state index in [1.165, 1.54) is 7.11 Å². The van der Waals surface area contributed by atoms with Gasteiger partial charge >= 0.3 is 0 Å². The molecular formula is C24H29NO6. The molecule has 1 amide bonds. The molecular weight excluding hydrogens is 398 g/mol. The fourth-order valence-electron chi connectivity index (χ4n) is 4.11. The molecule has 1 aliphatic rings. The largest absolute Gasteiger partial charge is 0.493 e. The second kappa shape index (κ2) is 9.73. The molecule has 7 heteroatoms. The van der Waals surface area contributed by atoms with Crippen molar-refractivity contribution in [3.63, 3.8) is 0 Å². The van der Waals surface area contributed by atoms with Crippen molar-refractivity contribution in [3.05, 3.63) is 45.6 Å². The normalized spacial score (nSPS) is 14.5. The lowest BCUT2D eigenvalue weighted by atomic mass is 9.95. The van der Waals surface area contributed by atoms with Gasteiger partial charge in [0, 0.05) is 12.0 Å². The van der Waals surface area contributed by atoms with Crippen LogP contribution in [0.1, 0.15) is 43.4 Å². The molecule has 0 aromatic heterocycles. The molecule has 0 heterocycles. The van der Waals surface area contributed by atoms with Crippen LogP contribution in [0.15, 0.2) is 29.1 Å². The van der Waals surface area contributed by atoms with Crippen LogP contribution in [0.5, 0.6) is 23.0 Å². The number of methoxy groups -OCH3 is 4. The Morgan fingerprint density at radius 3 is 2.32 bits per heavy atom. The smallest absolute Gasteiger partial charge is 0.220 e. The molecule has 166 valence electrons. The zero-order valence-electron chi connectivity index (χ0n) is 18.7. The van der Waals surface area contributed by atoms with Gasteiger partial charge in [-0.2, -0.15) is 0 Å². The van der Waals surface area contributed by atoms with Gasteiger partial charge < -0.3 is 24.3 Å². The van der Waals surface area contributed by atoms with Gasteiger partial charge in [0.25, 0.3) is 0 Å². The van der Waals surface area contributed by atoms with Crippen molar-refractivity contribution in [1.29, 1.82) is 0 Å². The fourth-order valence-corrected chi connectivity index (χ4v) is 4.11. The van der Waals surface area contributed by atoms with E-state index in [1.54, 1.807) is 33.5 Å². The SMILES string of the molecule is CCCC(=O)N[C@@H]1CCc2cc(OC)c(OC)c(OC)c2-c2ccc(OC)c(=O)cc21. The maximum atomic E-state index is 12.8. The van der Waals surface area contributed by atoms with Crippen molar-refractivity contribution in [2.75, 3.05) is 28.4 Å². The Bertz CT molecular complexity index is 1030. The summed E-state index contributed by atoms with van der Waals surface area (Å²) in [5.41, 5.74) is 3.07.